The highest BCUT2D eigenvalue weighted by atomic mass is 127. The van der Waals surface area contributed by atoms with Crippen LogP contribution in [0.1, 0.15) is 39.0 Å². The number of halogens is 1. The van der Waals surface area contributed by atoms with Gasteiger partial charge in [-0.05, 0) is 24.2 Å². The third-order valence-corrected chi connectivity index (χ3v) is 6.04. The summed E-state index contributed by atoms with van der Waals surface area (Å²) in [6.45, 7) is 12.7. The van der Waals surface area contributed by atoms with E-state index in [0.717, 1.165) is 13.0 Å². The molecule has 0 atom stereocenters. The van der Waals surface area contributed by atoms with E-state index in [1.165, 1.54) is 23.7 Å². The number of esters is 1. The van der Waals surface area contributed by atoms with E-state index in [9.17, 15) is 4.79 Å². The van der Waals surface area contributed by atoms with Crippen LogP contribution in [0.2, 0.25) is 0 Å². The maximum absolute atomic E-state index is 11.1. The summed E-state index contributed by atoms with van der Waals surface area (Å²) < 4.78 is 60.6. The van der Waals surface area contributed by atoms with Crippen molar-refractivity contribution in [2.75, 3.05) is 143 Å². The predicted octanol–water partition coefficient (Wildman–Crippen LogP) is 3.10. The van der Waals surface area contributed by atoms with Crippen LogP contribution in [-0.4, -0.2) is 149 Å². The molecule has 0 saturated carbocycles. The summed E-state index contributed by atoms with van der Waals surface area (Å²) in [5.74, 6) is -0.248. The first-order valence-corrected chi connectivity index (χ1v) is 16.8. The lowest BCUT2D eigenvalue weighted by molar-refractivity contribution is -0.144. The number of alkyl halides is 1. The number of hydrogen-bond donors (Lipinski definition) is 0. The second-order valence-electron chi connectivity index (χ2n) is 8.78. The molecule has 0 aromatic heterocycles. The van der Waals surface area contributed by atoms with E-state index in [2.05, 4.69) is 22.6 Å². The van der Waals surface area contributed by atoms with Crippen LogP contribution in [0.3, 0.4) is 0 Å². The summed E-state index contributed by atoms with van der Waals surface area (Å²) in [5.41, 5.74) is 0. The Hall–Kier alpha value is -0.200. The number of carbonyl (C=O) groups excluding carboxylic acids is 1. The average molecular weight is 725 g/mol. The molecule has 0 fully saturated rings. The molecule has 0 aromatic carbocycles. The van der Waals surface area contributed by atoms with E-state index in [4.69, 9.17) is 52.1 Å². The van der Waals surface area contributed by atoms with Gasteiger partial charge in [0.2, 0.25) is 0 Å². The summed E-state index contributed by atoms with van der Waals surface area (Å²) in [6, 6.07) is 0. The molecule has 0 bridgehead atoms. The van der Waals surface area contributed by atoms with Crippen LogP contribution >= 0.6 is 22.6 Å². The molecule has 0 aromatic rings. The Morgan fingerprint density at radius 1 is 0.405 bits per heavy atom. The van der Waals surface area contributed by atoms with Gasteiger partial charge < -0.3 is 52.1 Å². The molecule has 0 spiro atoms. The van der Waals surface area contributed by atoms with E-state index in [1.54, 1.807) is 6.92 Å². The minimum atomic E-state index is -0.248. The topological polar surface area (TPSA) is 119 Å². The van der Waals surface area contributed by atoms with Gasteiger partial charge >= 0.3 is 5.97 Å². The van der Waals surface area contributed by atoms with Gasteiger partial charge in [-0.2, -0.15) is 0 Å². The van der Waals surface area contributed by atoms with Crippen molar-refractivity contribution in [3.8, 4) is 0 Å². The Morgan fingerprint density at radius 3 is 1.00 bits per heavy atom. The summed E-state index contributed by atoms with van der Waals surface area (Å²) in [7, 11) is 0. The number of carbonyl (C=O) groups is 1. The summed E-state index contributed by atoms with van der Waals surface area (Å²) in [5, 5.41) is 0. The predicted molar refractivity (Wildman–Crippen MR) is 167 cm³/mol. The van der Waals surface area contributed by atoms with E-state index in [-0.39, 0.29) is 12.4 Å². The fourth-order valence-electron chi connectivity index (χ4n) is 3.12. The normalized spacial score (nSPS) is 11.4. The molecule has 0 aliphatic rings. The monoisotopic (exact) mass is 724 g/mol. The lowest BCUT2D eigenvalue weighted by Gasteiger charge is -2.09. The van der Waals surface area contributed by atoms with Crippen molar-refractivity contribution in [3.05, 3.63) is 0 Å². The Labute approximate surface area is 267 Å². The molecule has 0 aliphatic heterocycles. The van der Waals surface area contributed by atoms with Crippen molar-refractivity contribution in [2.24, 2.45) is 0 Å². The summed E-state index contributed by atoms with van der Waals surface area (Å²) >= 11 is 2.42. The Bertz CT molecular complexity index is 519. The third kappa shape index (κ3) is 37.8. The van der Waals surface area contributed by atoms with Crippen LogP contribution in [0.4, 0.5) is 0 Å². The molecule has 0 heterocycles. The zero-order valence-corrected chi connectivity index (χ0v) is 28.0. The van der Waals surface area contributed by atoms with Gasteiger partial charge in [0.25, 0.3) is 0 Å². The first kappa shape index (κ1) is 41.8. The van der Waals surface area contributed by atoms with Gasteiger partial charge in [0.05, 0.1) is 139 Å². The summed E-state index contributed by atoms with van der Waals surface area (Å²) in [6.07, 6.45) is 5.23. The first-order valence-electron chi connectivity index (χ1n) is 15.3. The van der Waals surface area contributed by atoms with Crippen molar-refractivity contribution in [1.29, 1.82) is 0 Å². The fraction of sp³-hybridized carbons (Fsp3) is 0.966. The molecule has 0 rings (SSSR count). The second kappa shape index (κ2) is 38.8. The second-order valence-corrected chi connectivity index (χ2v) is 9.86. The zero-order chi connectivity index (χ0) is 30.4. The van der Waals surface area contributed by atoms with Crippen LogP contribution in [-0.2, 0) is 56.9 Å². The Morgan fingerprint density at radius 2 is 0.690 bits per heavy atom. The average Bonchev–Trinajstić information content (AvgIpc) is 2.99. The number of unbranched alkanes of at least 4 members (excludes halogenated alkanes) is 3. The van der Waals surface area contributed by atoms with Crippen LogP contribution in [0, 0.1) is 0 Å². The molecule has 252 valence electrons. The molecule has 42 heavy (non-hydrogen) atoms. The minimum absolute atomic E-state index is 0.248. The number of ether oxygens (including phenoxy) is 11. The lowest BCUT2D eigenvalue weighted by Crippen LogP contribution is -2.15. The van der Waals surface area contributed by atoms with Gasteiger partial charge in [0.15, 0.2) is 0 Å². The van der Waals surface area contributed by atoms with Crippen LogP contribution in [0.15, 0.2) is 0 Å². The zero-order valence-electron chi connectivity index (χ0n) is 25.9. The molecule has 0 aliphatic carbocycles. The van der Waals surface area contributed by atoms with Crippen LogP contribution < -0.4 is 0 Å². The maximum Gasteiger partial charge on any atom is 0.308 e. The van der Waals surface area contributed by atoms with E-state index in [1.807, 2.05) is 0 Å². The quantitative estimate of drug-likeness (QED) is 0.0406. The minimum Gasteiger partial charge on any atom is -0.466 e. The SMILES string of the molecule is CCOC(=O)CCOCCOCCOCCOCCOCCOCCOCCOCCOCCOCCCCCCI. The highest BCUT2D eigenvalue weighted by Gasteiger charge is 2.01. The third-order valence-electron chi connectivity index (χ3n) is 5.28. The van der Waals surface area contributed by atoms with E-state index < -0.39 is 0 Å². The first-order chi connectivity index (χ1) is 20.8. The molecule has 13 heteroatoms. The van der Waals surface area contributed by atoms with Crippen molar-refractivity contribution in [2.45, 2.75) is 39.0 Å². The van der Waals surface area contributed by atoms with E-state index >= 15 is 0 Å². The molecule has 0 radical (unpaired) electrons. The van der Waals surface area contributed by atoms with Crippen LogP contribution in [0.5, 0.6) is 0 Å². The van der Waals surface area contributed by atoms with Gasteiger partial charge in [-0.3, -0.25) is 4.79 Å². The molecule has 0 unspecified atom stereocenters. The van der Waals surface area contributed by atoms with Gasteiger partial charge in [-0.25, -0.2) is 0 Å². The summed E-state index contributed by atoms with van der Waals surface area (Å²) in [4.78, 5) is 11.1. The van der Waals surface area contributed by atoms with Crippen molar-refractivity contribution < 1.29 is 56.9 Å². The lowest BCUT2D eigenvalue weighted by atomic mass is 10.2. The highest BCUT2D eigenvalue weighted by Crippen LogP contribution is 2.02. The van der Waals surface area contributed by atoms with E-state index in [0.29, 0.717) is 132 Å². The number of rotatable bonds is 37. The molecule has 0 saturated heterocycles. The largest absolute Gasteiger partial charge is 0.466 e. The smallest absolute Gasteiger partial charge is 0.308 e. The Balaban J connectivity index is 3.05. The standard InChI is InChI=1S/C29H57IO12/c1-2-42-29(31)7-10-33-12-14-35-16-18-37-20-22-39-24-26-41-28-27-40-25-23-38-21-19-36-17-15-34-13-11-32-9-6-4-3-5-8-30/h2-28H2,1H3. The van der Waals surface area contributed by atoms with Gasteiger partial charge in [0.1, 0.15) is 0 Å². The van der Waals surface area contributed by atoms with Gasteiger partial charge in [0, 0.05) is 6.61 Å². The Kier molecular flexibility index (Phi) is 38.6. The molecular formula is C29H57IO12. The van der Waals surface area contributed by atoms with Crippen molar-refractivity contribution in [3.63, 3.8) is 0 Å². The molecule has 0 amide bonds. The highest BCUT2D eigenvalue weighted by molar-refractivity contribution is 14.1. The molecule has 0 N–H and O–H groups in total. The number of hydrogen-bond acceptors (Lipinski definition) is 12. The van der Waals surface area contributed by atoms with Gasteiger partial charge in [-0.1, -0.05) is 35.4 Å². The maximum atomic E-state index is 11.1. The van der Waals surface area contributed by atoms with Crippen molar-refractivity contribution >= 4 is 28.6 Å². The molecule has 12 nitrogen and oxygen atoms in total. The molecular weight excluding hydrogens is 667 g/mol. The fourth-order valence-corrected chi connectivity index (χ4v) is 3.66. The van der Waals surface area contributed by atoms with Gasteiger partial charge in [-0.15, -0.1) is 0 Å². The van der Waals surface area contributed by atoms with Crippen molar-refractivity contribution in [1.82, 2.24) is 0 Å². The van der Waals surface area contributed by atoms with Crippen LogP contribution in [0.25, 0.3) is 0 Å².